The minimum absolute atomic E-state index is 0.0729. The SMILES string of the molecule is COc1cc(CC2SC(=NCCN3CCOCC3)NC2=O)ccc1OCc1ccc(C(F)(F)F)cc1C(F)(F)F. The van der Waals surface area contributed by atoms with E-state index in [2.05, 4.69) is 15.2 Å². The lowest BCUT2D eigenvalue weighted by molar-refractivity contribution is -0.143. The molecule has 2 fully saturated rings. The van der Waals surface area contributed by atoms with Crippen molar-refractivity contribution < 1.29 is 45.3 Å². The van der Waals surface area contributed by atoms with Crippen LogP contribution in [0.1, 0.15) is 22.3 Å². The Bertz CT molecular complexity index is 1230. The normalized spacial score (nSPS) is 19.6. The average Bonchev–Trinajstić information content (AvgIpc) is 3.25. The predicted octanol–water partition coefficient (Wildman–Crippen LogP) is 4.77. The minimum Gasteiger partial charge on any atom is -0.493 e. The number of methoxy groups -OCH3 is 1. The van der Waals surface area contributed by atoms with Gasteiger partial charge in [-0.3, -0.25) is 14.7 Å². The highest BCUT2D eigenvalue weighted by atomic mass is 32.2. The first-order valence-electron chi connectivity index (χ1n) is 12.3. The van der Waals surface area contributed by atoms with Gasteiger partial charge in [-0.15, -0.1) is 0 Å². The molecule has 0 spiro atoms. The van der Waals surface area contributed by atoms with Crippen LogP contribution in [0.4, 0.5) is 26.3 Å². The molecule has 2 aliphatic rings. The monoisotopic (exact) mass is 591 g/mol. The van der Waals surface area contributed by atoms with Gasteiger partial charge in [-0.05, 0) is 36.2 Å². The van der Waals surface area contributed by atoms with E-state index in [9.17, 15) is 31.1 Å². The molecule has 2 aromatic carbocycles. The summed E-state index contributed by atoms with van der Waals surface area (Å²) < 4.78 is 95.3. The topological polar surface area (TPSA) is 72.4 Å². The van der Waals surface area contributed by atoms with E-state index in [-0.39, 0.29) is 23.5 Å². The maximum Gasteiger partial charge on any atom is 0.416 e. The summed E-state index contributed by atoms with van der Waals surface area (Å²) in [6.07, 6.45) is -9.58. The van der Waals surface area contributed by atoms with E-state index in [1.165, 1.54) is 24.9 Å². The zero-order chi connectivity index (χ0) is 28.9. The Morgan fingerprint density at radius 2 is 1.80 bits per heavy atom. The van der Waals surface area contributed by atoms with Crippen molar-refractivity contribution in [2.24, 2.45) is 4.99 Å². The number of alkyl halides is 6. The number of amides is 1. The fraction of sp³-hybridized carbons (Fsp3) is 0.462. The van der Waals surface area contributed by atoms with E-state index in [0.29, 0.717) is 37.4 Å². The fourth-order valence-electron chi connectivity index (χ4n) is 4.20. The molecule has 7 nitrogen and oxygen atoms in total. The molecule has 14 heteroatoms. The van der Waals surface area contributed by atoms with Crippen molar-refractivity contribution in [3.63, 3.8) is 0 Å². The molecule has 1 N–H and O–H groups in total. The number of rotatable bonds is 9. The van der Waals surface area contributed by atoms with Crippen LogP contribution in [0.15, 0.2) is 41.4 Å². The Hall–Kier alpha value is -2.97. The second kappa shape index (κ2) is 12.7. The number of benzene rings is 2. The van der Waals surface area contributed by atoms with Crippen molar-refractivity contribution in [2.45, 2.75) is 30.6 Å². The zero-order valence-electron chi connectivity index (χ0n) is 21.4. The van der Waals surface area contributed by atoms with E-state index < -0.39 is 40.9 Å². The van der Waals surface area contributed by atoms with Crippen LogP contribution in [0.3, 0.4) is 0 Å². The van der Waals surface area contributed by atoms with Gasteiger partial charge >= 0.3 is 12.4 Å². The third-order valence-corrected chi connectivity index (χ3v) is 7.45. The van der Waals surface area contributed by atoms with Crippen molar-refractivity contribution in [3.8, 4) is 11.5 Å². The number of ether oxygens (including phenoxy) is 3. The summed E-state index contributed by atoms with van der Waals surface area (Å²) in [5.74, 6) is 0.130. The molecule has 2 aromatic rings. The number of amidine groups is 1. The number of carbonyl (C=O) groups excluding carboxylic acids is 1. The highest BCUT2D eigenvalue weighted by Crippen LogP contribution is 2.38. The van der Waals surface area contributed by atoms with Gasteiger partial charge in [-0.2, -0.15) is 26.3 Å². The summed E-state index contributed by atoms with van der Waals surface area (Å²) in [5, 5.41) is 2.90. The molecule has 4 rings (SSSR count). The minimum atomic E-state index is -5.00. The number of hydrogen-bond acceptors (Lipinski definition) is 7. The van der Waals surface area contributed by atoms with Gasteiger partial charge in [0, 0.05) is 25.2 Å². The summed E-state index contributed by atoms with van der Waals surface area (Å²) >= 11 is 1.32. The van der Waals surface area contributed by atoms with Gasteiger partial charge in [0.2, 0.25) is 5.91 Å². The standard InChI is InChI=1S/C26H27F6N3O4S/c1-37-21-12-16(13-22-23(36)34-24(40-22)33-6-7-35-8-10-38-11-9-35)2-5-20(21)39-15-17-3-4-18(25(27,28)29)14-19(17)26(30,31)32/h2-5,12,14,22H,6-11,13,15H2,1H3,(H,33,34,36). The molecule has 2 heterocycles. The van der Waals surface area contributed by atoms with E-state index in [4.69, 9.17) is 14.2 Å². The molecule has 0 radical (unpaired) electrons. The molecular formula is C26H27F6N3O4S. The molecule has 2 saturated heterocycles. The van der Waals surface area contributed by atoms with Gasteiger partial charge in [0.1, 0.15) is 6.61 Å². The number of hydrogen-bond donors (Lipinski definition) is 1. The van der Waals surface area contributed by atoms with Gasteiger partial charge in [0.25, 0.3) is 0 Å². The second-order valence-electron chi connectivity index (χ2n) is 9.08. The molecule has 218 valence electrons. The van der Waals surface area contributed by atoms with Crippen LogP contribution in [0.5, 0.6) is 11.5 Å². The maximum atomic E-state index is 13.5. The van der Waals surface area contributed by atoms with Crippen molar-refractivity contribution in [1.29, 1.82) is 0 Å². The number of aliphatic imine (C=N–C) groups is 1. The summed E-state index contributed by atoms with van der Waals surface area (Å²) in [6, 6.07) is 6.15. The third-order valence-electron chi connectivity index (χ3n) is 6.33. The first-order chi connectivity index (χ1) is 18.9. The lowest BCUT2D eigenvalue weighted by atomic mass is 10.0. The number of halogens is 6. The molecule has 2 aliphatic heterocycles. The van der Waals surface area contributed by atoms with Gasteiger partial charge < -0.3 is 19.5 Å². The number of carbonyl (C=O) groups is 1. The summed E-state index contributed by atoms with van der Waals surface area (Å²) in [5.41, 5.74) is -2.56. The van der Waals surface area contributed by atoms with Crippen LogP contribution >= 0.6 is 11.8 Å². The lowest BCUT2D eigenvalue weighted by Crippen LogP contribution is -2.38. The van der Waals surface area contributed by atoms with E-state index in [1.54, 1.807) is 12.1 Å². The summed E-state index contributed by atoms with van der Waals surface area (Å²) in [6.45, 7) is 3.77. The Morgan fingerprint density at radius 3 is 2.48 bits per heavy atom. The number of nitrogens with one attached hydrogen (secondary N) is 1. The van der Waals surface area contributed by atoms with Gasteiger partial charge in [0.05, 0.1) is 43.2 Å². The lowest BCUT2D eigenvalue weighted by Gasteiger charge is -2.25. The molecule has 1 amide bonds. The average molecular weight is 592 g/mol. The molecule has 0 bridgehead atoms. The zero-order valence-corrected chi connectivity index (χ0v) is 22.2. The van der Waals surface area contributed by atoms with Crippen LogP contribution in [0.25, 0.3) is 0 Å². The quantitative estimate of drug-likeness (QED) is 0.424. The Balaban J connectivity index is 1.38. The van der Waals surface area contributed by atoms with E-state index in [1.807, 2.05) is 0 Å². The van der Waals surface area contributed by atoms with Crippen molar-refractivity contribution >= 4 is 22.8 Å². The predicted molar refractivity (Wildman–Crippen MR) is 137 cm³/mol. The van der Waals surface area contributed by atoms with Gasteiger partial charge in [-0.1, -0.05) is 23.9 Å². The van der Waals surface area contributed by atoms with Crippen LogP contribution in [-0.2, 0) is 34.9 Å². The molecular weight excluding hydrogens is 564 g/mol. The number of nitrogens with zero attached hydrogens (tertiary/aromatic N) is 2. The smallest absolute Gasteiger partial charge is 0.416 e. The maximum absolute atomic E-state index is 13.5. The molecule has 1 unspecified atom stereocenters. The first kappa shape index (κ1) is 30.0. The molecule has 1 atom stereocenters. The highest BCUT2D eigenvalue weighted by molar-refractivity contribution is 8.15. The first-order valence-corrected chi connectivity index (χ1v) is 13.2. The molecule has 0 saturated carbocycles. The molecule has 40 heavy (non-hydrogen) atoms. The highest BCUT2D eigenvalue weighted by Gasteiger charge is 2.38. The van der Waals surface area contributed by atoms with Crippen LogP contribution in [0.2, 0.25) is 0 Å². The Labute approximate surface area is 230 Å². The largest absolute Gasteiger partial charge is 0.493 e. The van der Waals surface area contributed by atoms with Crippen molar-refractivity contribution in [2.75, 3.05) is 46.5 Å². The fourth-order valence-corrected chi connectivity index (χ4v) is 5.24. The Morgan fingerprint density at radius 1 is 1.05 bits per heavy atom. The van der Waals surface area contributed by atoms with Crippen LogP contribution < -0.4 is 14.8 Å². The van der Waals surface area contributed by atoms with E-state index in [0.717, 1.165) is 31.3 Å². The van der Waals surface area contributed by atoms with Crippen LogP contribution in [0, 0.1) is 0 Å². The molecule has 0 aliphatic carbocycles. The number of thioether (sulfide) groups is 1. The van der Waals surface area contributed by atoms with Gasteiger partial charge in [0.15, 0.2) is 16.7 Å². The van der Waals surface area contributed by atoms with Crippen molar-refractivity contribution in [3.05, 3.63) is 58.7 Å². The second-order valence-corrected chi connectivity index (χ2v) is 10.3. The van der Waals surface area contributed by atoms with Gasteiger partial charge in [-0.25, -0.2) is 0 Å². The van der Waals surface area contributed by atoms with Crippen LogP contribution in [-0.4, -0.2) is 67.7 Å². The Kier molecular flexibility index (Phi) is 9.52. The van der Waals surface area contributed by atoms with E-state index >= 15 is 0 Å². The third kappa shape index (κ3) is 7.82. The summed E-state index contributed by atoms with van der Waals surface area (Å²) in [7, 11) is 1.35. The molecule has 0 aromatic heterocycles. The summed E-state index contributed by atoms with van der Waals surface area (Å²) in [4.78, 5) is 19.2. The number of morpholine rings is 1. The van der Waals surface area contributed by atoms with Crippen molar-refractivity contribution in [1.82, 2.24) is 10.2 Å².